The molecule has 0 aromatic carbocycles. The predicted molar refractivity (Wildman–Crippen MR) is 78.5 cm³/mol. The third-order valence-corrected chi connectivity index (χ3v) is 9.03. The molecular weight excluding hydrogens is 440 g/mol. The maximum Gasteiger partial charge on any atom is 0.0355 e. The van der Waals surface area contributed by atoms with E-state index in [1.807, 2.05) is 0 Å². The highest BCUT2D eigenvalue weighted by molar-refractivity contribution is 9.13. The van der Waals surface area contributed by atoms with Crippen LogP contribution in [0.3, 0.4) is 0 Å². The molecule has 0 nitrogen and oxygen atoms in total. The van der Waals surface area contributed by atoms with Crippen LogP contribution in [0.4, 0.5) is 0 Å². The van der Waals surface area contributed by atoms with E-state index in [0.717, 1.165) is 11.2 Å². The quantitative estimate of drug-likeness (QED) is 0.499. The molecule has 1 rings (SSSR count). The molecule has 4 atom stereocenters. The number of alkyl halides is 4. The van der Waals surface area contributed by atoms with Gasteiger partial charge in [-0.25, -0.2) is 0 Å². The van der Waals surface area contributed by atoms with Crippen LogP contribution in [0.1, 0.15) is 33.1 Å². The van der Waals surface area contributed by atoms with E-state index in [2.05, 4.69) is 77.6 Å². The Morgan fingerprint density at radius 3 is 2.50 bits per heavy atom. The summed E-state index contributed by atoms with van der Waals surface area (Å²) < 4.78 is 0.515. The number of hydrogen-bond acceptors (Lipinski definition) is 0. The van der Waals surface area contributed by atoms with Crippen molar-refractivity contribution in [3.05, 3.63) is 0 Å². The van der Waals surface area contributed by atoms with Gasteiger partial charge in [0.25, 0.3) is 0 Å². The molecule has 4 heteroatoms. The van der Waals surface area contributed by atoms with E-state index >= 15 is 0 Å². The number of rotatable bonds is 2. The average Bonchev–Trinajstić information content (AvgIpc) is 2.09. The Morgan fingerprint density at radius 1 is 1.50 bits per heavy atom. The third kappa shape index (κ3) is 3.21. The van der Waals surface area contributed by atoms with Crippen LogP contribution in [0.5, 0.6) is 0 Å². The van der Waals surface area contributed by atoms with E-state index in [1.165, 1.54) is 19.3 Å². The Hall–Kier alpha value is 1.92. The molecule has 1 fully saturated rings. The zero-order valence-electron chi connectivity index (χ0n) is 8.49. The van der Waals surface area contributed by atoms with Crippen LogP contribution in [-0.2, 0) is 0 Å². The van der Waals surface area contributed by atoms with Crippen molar-refractivity contribution in [2.45, 2.75) is 46.6 Å². The molecule has 0 aromatic heterocycles. The maximum absolute atomic E-state index is 3.82. The lowest BCUT2D eigenvalue weighted by atomic mass is 9.77. The molecule has 0 aromatic rings. The average molecular weight is 456 g/mol. The highest BCUT2D eigenvalue weighted by Gasteiger charge is 2.42. The fourth-order valence-corrected chi connectivity index (χ4v) is 3.85. The third-order valence-electron chi connectivity index (χ3n) is 3.24. The SMILES string of the molecule is C[C@](Br)(CBr)[C@H]1CC[C@](C)(Br)[C@H](Br)C1. The molecule has 14 heavy (non-hydrogen) atoms. The summed E-state index contributed by atoms with van der Waals surface area (Å²) >= 11 is 15.0. The van der Waals surface area contributed by atoms with Gasteiger partial charge in [-0.05, 0) is 39.0 Å². The summed E-state index contributed by atoms with van der Waals surface area (Å²) in [5.41, 5.74) is 0. The van der Waals surface area contributed by atoms with Crippen molar-refractivity contribution in [1.82, 2.24) is 0 Å². The normalized spacial score (nSPS) is 43.3. The molecule has 0 amide bonds. The Bertz CT molecular complexity index is 200. The Kier molecular flexibility index (Phi) is 5.05. The van der Waals surface area contributed by atoms with Gasteiger partial charge in [0, 0.05) is 18.8 Å². The molecule has 1 aliphatic rings. The molecule has 0 N–H and O–H groups in total. The van der Waals surface area contributed by atoms with Crippen LogP contribution >= 0.6 is 63.7 Å². The van der Waals surface area contributed by atoms with E-state index < -0.39 is 0 Å². The Morgan fingerprint density at radius 2 is 2.07 bits per heavy atom. The van der Waals surface area contributed by atoms with Gasteiger partial charge in [0.1, 0.15) is 0 Å². The van der Waals surface area contributed by atoms with Gasteiger partial charge in [0.05, 0.1) is 0 Å². The summed E-state index contributed by atoms with van der Waals surface area (Å²) in [5, 5.41) is 1.02. The Balaban J connectivity index is 2.63. The minimum Gasteiger partial charge on any atom is -0.0913 e. The van der Waals surface area contributed by atoms with Crippen LogP contribution in [0.2, 0.25) is 0 Å². The molecule has 0 heterocycles. The van der Waals surface area contributed by atoms with Gasteiger partial charge in [0.2, 0.25) is 0 Å². The van der Waals surface area contributed by atoms with Crippen molar-refractivity contribution < 1.29 is 0 Å². The standard InChI is InChI=1S/C10H16Br4/c1-9(13)4-3-7(5-8(9)12)10(2,14)6-11/h7-8H,3-6H2,1-2H3/t7-,8+,9-,10-/m0/s1. The predicted octanol–water partition coefficient (Wildman–Crippen LogP) is 5.25. The van der Waals surface area contributed by atoms with Gasteiger partial charge in [-0.2, -0.15) is 0 Å². The monoisotopic (exact) mass is 452 g/mol. The van der Waals surface area contributed by atoms with E-state index in [0.29, 0.717) is 4.83 Å². The first-order valence-electron chi connectivity index (χ1n) is 4.87. The first-order valence-corrected chi connectivity index (χ1v) is 8.50. The summed E-state index contributed by atoms with van der Waals surface area (Å²) in [4.78, 5) is 0.574. The van der Waals surface area contributed by atoms with Gasteiger partial charge in [-0.1, -0.05) is 63.7 Å². The van der Waals surface area contributed by atoms with Crippen molar-refractivity contribution in [2.75, 3.05) is 5.33 Å². The first-order chi connectivity index (χ1) is 6.29. The highest BCUT2D eigenvalue weighted by Crippen LogP contribution is 2.47. The molecule has 0 saturated heterocycles. The van der Waals surface area contributed by atoms with E-state index in [4.69, 9.17) is 0 Å². The Labute approximate surface area is 120 Å². The summed E-state index contributed by atoms with van der Waals surface area (Å²) in [7, 11) is 0. The molecule has 0 bridgehead atoms. The molecule has 0 radical (unpaired) electrons. The summed E-state index contributed by atoms with van der Waals surface area (Å²) in [6.45, 7) is 4.56. The lowest BCUT2D eigenvalue weighted by molar-refractivity contribution is 0.292. The van der Waals surface area contributed by atoms with Gasteiger partial charge in [-0.15, -0.1) is 0 Å². The van der Waals surface area contributed by atoms with E-state index in [1.54, 1.807) is 0 Å². The zero-order chi connectivity index (χ0) is 11.0. The first kappa shape index (κ1) is 14.0. The van der Waals surface area contributed by atoms with Crippen LogP contribution in [0.25, 0.3) is 0 Å². The van der Waals surface area contributed by atoms with Crippen molar-refractivity contribution >= 4 is 63.7 Å². The largest absolute Gasteiger partial charge is 0.0913 e. The van der Waals surface area contributed by atoms with Crippen LogP contribution in [0.15, 0.2) is 0 Å². The second-order valence-corrected chi connectivity index (χ2v) is 9.92. The highest BCUT2D eigenvalue weighted by atomic mass is 79.9. The fraction of sp³-hybridized carbons (Fsp3) is 1.00. The number of hydrogen-bond donors (Lipinski definition) is 0. The van der Waals surface area contributed by atoms with Crippen LogP contribution in [-0.4, -0.2) is 18.8 Å². The van der Waals surface area contributed by atoms with Gasteiger partial charge >= 0.3 is 0 Å². The minimum atomic E-state index is 0.239. The molecule has 1 saturated carbocycles. The second-order valence-electron chi connectivity index (χ2n) is 4.63. The maximum atomic E-state index is 3.82. The minimum absolute atomic E-state index is 0.239. The zero-order valence-corrected chi connectivity index (χ0v) is 14.8. The topological polar surface area (TPSA) is 0 Å². The smallest absolute Gasteiger partial charge is 0.0355 e. The summed E-state index contributed by atoms with van der Waals surface area (Å²) in [6.07, 6.45) is 3.76. The summed E-state index contributed by atoms with van der Waals surface area (Å²) in [5.74, 6) is 0.747. The number of halogens is 4. The molecule has 0 unspecified atom stereocenters. The van der Waals surface area contributed by atoms with Crippen molar-refractivity contribution in [3.8, 4) is 0 Å². The van der Waals surface area contributed by atoms with Gasteiger partial charge < -0.3 is 0 Å². The van der Waals surface area contributed by atoms with Gasteiger partial charge in [-0.3, -0.25) is 0 Å². The molecule has 1 aliphatic carbocycles. The van der Waals surface area contributed by atoms with Crippen molar-refractivity contribution in [3.63, 3.8) is 0 Å². The van der Waals surface area contributed by atoms with Crippen molar-refractivity contribution in [1.29, 1.82) is 0 Å². The molecule has 84 valence electrons. The summed E-state index contributed by atoms with van der Waals surface area (Å²) in [6, 6.07) is 0. The van der Waals surface area contributed by atoms with Gasteiger partial charge in [0.15, 0.2) is 0 Å². The van der Waals surface area contributed by atoms with Crippen molar-refractivity contribution in [2.24, 2.45) is 5.92 Å². The molecular formula is C10H16Br4. The molecule has 0 aliphatic heterocycles. The lowest BCUT2D eigenvalue weighted by Crippen LogP contribution is -2.42. The van der Waals surface area contributed by atoms with Crippen LogP contribution < -0.4 is 0 Å². The van der Waals surface area contributed by atoms with E-state index in [9.17, 15) is 0 Å². The van der Waals surface area contributed by atoms with E-state index in [-0.39, 0.29) is 8.65 Å². The second kappa shape index (κ2) is 5.05. The molecule has 0 spiro atoms. The lowest BCUT2D eigenvalue weighted by Gasteiger charge is -2.42. The fourth-order valence-electron chi connectivity index (χ4n) is 1.88. The van der Waals surface area contributed by atoms with Crippen LogP contribution in [0, 0.1) is 5.92 Å².